The highest BCUT2D eigenvalue weighted by Gasteiger charge is 2.18. The van der Waals surface area contributed by atoms with E-state index in [-0.39, 0.29) is 4.90 Å². The number of hydrogen-bond acceptors (Lipinski definition) is 5. The number of anilines is 1. The van der Waals surface area contributed by atoms with E-state index in [1.165, 1.54) is 24.2 Å². The van der Waals surface area contributed by atoms with Crippen LogP contribution in [0.4, 0.5) is 5.69 Å². The summed E-state index contributed by atoms with van der Waals surface area (Å²) in [6, 6.07) is 5.27. The summed E-state index contributed by atoms with van der Waals surface area (Å²) in [6.45, 7) is 2.72. The Balaban J connectivity index is 2.30. The van der Waals surface area contributed by atoms with Crippen LogP contribution in [0, 0.1) is 6.92 Å². The summed E-state index contributed by atoms with van der Waals surface area (Å²) in [5.74, 6) is 0.457. The smallest absolute Gasteiger partial charge is 0.265 e. The SMILES string of the molecule is COc1ccc(C)cc1NS(=O)(=O)c1cnn(CCN)c1. The zero-order valence-electron chi connectivity index (χ0n) is 11.9. The van der Waals surface area contributed by atoms with Gasteiger partial charge in [0.05, 0.1) is 25.5 Å². The maximum absolute atomic E-state index is 12.3. The van der Waals surface area contributed by atoms with E-state index in [0.29, 0.717) is 24.5 Å². The topological polar surface area (TPSA) is 99.2 Å². The summed E-state index contributed by atoms with van der Waals surface area (Å²) in [5, 5.41) is 3.96. The van der Waals surface area contributed by atoms with Gasteiger partial charge < -0.3 is 10.5 Å². The van der Waals surface area contributed by atoms with Crippen molar-refractivity contribution in [2.75, 3.05) is 18.4 Å². The third-order valence-corrected chi connectivity index (χ3v) is 4.20. The average molecular weight is 310 g/mol. The number of nitrogens with two attached hydrogens (primary N) is 1. The Kier molecular flexibility index (Phi) is 4.49. The lowest BCUT2D eigenvalue weighted by Crippen LogP contribution is -2.14. The highest BCUT2D eigenvalue weighted by Crippen LogP contribution is 2.27. The summed E-state index contributed by atoms with van der Waals surface area (Å²) in [6.07, 6.45) is 2.73. The van der Waals surface area contributed by atoms with Crippen molar-refractivity contribution in [3.05, 3.63) is 36.2 Å². The second-order valence-electron chi connectivity index (χ2n) is 4.54. The van der Waals surface area contributed by atoms with Crippen molar-refractivity contribution >= 4 is 15.7 Å². The maximum atomic E-state index is 12.3. The van der Waals surface area contributed by atoms with Gasteiger partial charge in [-0.25, -0.2) is 8.42 Å². The van der Waals surface area contributed by atoms with Crippen LogP contribution in [0.2, 0.25) is 0 Å². The van der Waals surface area contributed by atoms with Gasteiger partial charge >= 0.3 is 0 Å². The van der Waals surface area contributed by atoms with Crippen molar-refractivity contribution in [1.29, 1.82) is 0 Å². The maximum Gasteiger partial charge on any atom is 0.265 e. The Labute approximate surface area is 123 Å². The molecule has 3 N–H and O–H groups in total. The quantitative estimate of drug-likeness (QED) is 0.828. The van der Waals surface area contributed by atoms with Crippen molar-refractivity contribution in [2.24, 2.45) is 5.73 Å². The van der Waals surface area contributed by atoms with Gasteiger partial charge in [-0.05, 0) is 24.6 Å². The zero-order chi connectivity index (χ0) is 15.5. The molecule has 0 aliphatic carbocycles. The minimum Gasteiger partial charge on any atom is -0.495 e. The summed E-state index contributed by atoms with van der Waals surface area (Å²) < 4.78 is 33.9. The molecule has 1 heterocycles. The van der Waals surface area contributed by atoms with Gasteiger partial charge in [0.15, 0.2) is 0 Å². The second kappa shape index (κ2) is 6.15. The molecule has 21 heavy (non-hydrogen) atoms. The molecule has 2 aromatic rings. The van der Waals surface area contributed by atoms with E-state index in [4.69, 9.17) is 10.5 Å². The molecule has 0 saturated carbocycles. The van der Waals surface area contributed by atoms with Crippen LogP contribution in [0.3, 0.4) is 0 Å². The Morgan fingerprint density at radius 1 is 1.43 bits per heavy atom. The lowest BCUT2D eigenvalue weighted by atomic mass is 10.2. The van der Waals surface area contributed by atoms with E-state index in [1.807, 2.05) is 13.0 Å². The number of nitrogens with zero attached hydrogens (tertiary/aromatic N) is 2. The van der Waals surface area contributed by atoms with Gasteiger partial charge in [-0.2, -0.15) is 5.10 Å². The van der Waals surface area contributed by atoms with E-state index < -0.39 is 10.0 Å². The Morgan fingerprint density at radius 2 is 2.19 bits per heavy atom. The predicted molar refractivity (Wildman–Crippen MR) is 79.8 cm³/mol. The molecule has 1 aromatic carbocycles. The molecule has 0 aliphatic heterocycles. The van der Waals surface area contributed by atoms with Gasteiger partial charge in [0.1, 0.15) is 10.6 Å². The fourth-order valence-electron chi connectivity index (χ4n) is 1.84. The minimum atomic E-state index is -3.71. The van der Waals surface area contributed by atoms with Gasteiger partial charge in [-0.1, -0.05) is 6.07 Å². The van der Waals surface area contributed by atoms with Crippen molar-refractivity contribution in [2.45, 2.75) is 18.4 Å². The standard InChI is InChI=1S/C13H18N4O3S/c1-10-3-4-13(20-2)12(7-10)16-21(18,19)11-8-15-17(9-11)6-5-14/h3-4,7-9,16H,5-6,14H2,1-2H3. The van der Waals surface area contributed by atoms with Gasteiger partial charge in [0.25, 0.3) is 10.0 Å². The summed E-state index contributed by atoms with van der Waals surface area (Å²) in [4.78, 5) is 0.0829. The van der Waals surface area contributed by atoms with Crippen LogP contribution in [0.5, 0.6) is 5.75 Å². The molecule has 0 amide bonds. The number of hydrogen-bond donors (Lipinski definition) is 2. The highest BCUT2D eigenvalue weighted by atomic mass is 32.2. The molecule has 0 spiro atoms. The van der Waals surface area contributed by atoms with Crippen LogP contribution in [-0.4, -0.2) is 31.9 Å². The van der Waals surface area contributed by atoms with Crippen molar-refractivity contribution in [3.63, 3.8) is 0 Å². The van der Waals surface area contributed by atoms with Gasteiger partial charge in [0.2, 0.25) is 0 Å². The van der Waals surface area contributed by atoms with E-state index in [9.17, 15) is 8.42 Å². The first-order valence-electron chi connectivity index (χ1n) is 6.36. The lowest BCUT2D eigenvalue weighted by molar-refractivity contribution is 0.417. The molecule has 0 radical (unpaired) electrons. The predicted octanol–water partition coefficient (Wildman–Crippen LogP) is 0.960. The second-order valence-corrected chi connectivity index (χ2v) is 6.22. The number of aryl methyl sites for hydroxylation is 1. The minimum absolute atomic E-state index is 0.0829. The molecule has 8 heteroatoms. The number of benzene rings is 1. The lowest BCUT2D eigenvalue weighted by Gasteiger charge is -2.11. The number of ether oxygens (including phenoxy) is 1. The van der Waals surface area contributed by atoms with Crippen LogP contribution in [0.1, 0.15) is 5.56 Å². The number of methoxy groups -OCH3 is 1. The number of sulfonamides is 1. The Bertz CT molecular complexity index is 725. The van der Waals surface area contributed by atoms with Gasteiger partial charge in [-0.15, -0.1) is 0 Å². The molecule has 7 nitrogen and oxygen atoms in total. The van der Waals surface area contributed by atoms with E-state index in [2.05, 4.69) is 9.82 Å². The number of nitrogens with one attached hydrogen (secondary N) is 1. The fraction of sp³-hybridized carbons (Fsp3) is 0.308. The molecule has 114 valence electrons. The summed E-state index contributed by atoms with van der Waals surface area (Å²) >= 11 is 0. The first kappa shape index (κ1) is 15.3. The van der Waals surface area contributed by atoms with Gasteiger partial charge in [-0.3, -0.25) is 9.40 Å². The monoisotopic (exact) mass is 310 g/mol. The fourth-order valence-corrected chi connectivity index (χ4v) is 2.86. The van der Waals surface area contributed by atoms with E-state index >= 15 is 0 Å². The molecule has 0 unspecified atom stereocenters. The van der Waals surface area contributed by atoms with E-state index in [1.54, 1.807) is 12.1 Å². The van der Waals surface area contributed by atoms with Crippen molar-refractivity contribution < 1.29 is 13.2 Å². The van der Waals surface area contributed by atoms with Crippen LogP contribution in [0.25, 0.3) is 0 Å². The van der Waals surface area contributed by atoms with E-state index in [0.717, 1.165) is 5.56 Å². The van der Waals surface area contributed by atoms with Crippen LogP contribution < -0.4 is 15.2 Å². The summed E-state index contributed by atoms with van der Waals surface area (Å²) in [5.41, 5.74) is 6.73. The molecule has 0 bridgehead atoms. The first-order valence-corrected chi connectivity index (χ1v) is 7.84. The average Bonchev–Trinajstić information content (AvgIpc) is 2.88. The molecular formula is C13H18N4O3S. The van der Waals surface area contributed by atoms with Crippen LogP contribution in [-0.2, 0) is 16.6 Å². The molecule has 2 rings (SSSR count). The Hall–Kier alpha value is -2.06. The van der Waals surface area contributed by atoms with Crippen LogP contribution in [0.15, 0.2) is 35.5 Å². The molecule has 0 fully saturated rings. The van der Waals surface area contributed by atoms with Crippen LogP contribution >= 0.6 is 0 Å². The number of rotatable bonds is 6. The first-order chi connectivity index (χ1) is 9.96. The third-order valence-electron chi connectivity index (χ3n) is 2.88. The molecule has 0 saturated heterocycles. The molecule has 0 aliphatic rings. The Morgan fingerprint density at radius 3 is 2.86 bits per heavy atom. The number of aromatic nitrogens is 2. The highest BCUT2D eigenvalue weighted by molar-refractivity contribution is 7.92. The third kappa shape index (κ3) is 3.53. The van der Waals surface area contributed by atoms with Crippen molar-refractivity contribution in [1.82, 2.24) is 9.78 Å². The molecule has 1 aromatic heterocycles. The van der Waals surface area contributed by atoms with Crippen molar-refractivity contribution in [3.8, 4) is 5.75 Å². The summed E-state index contributed by atoms with van der Waals surface area (Å²) in [7, 11) is -2.23. The zero-order valence-corrected chi connectivity index (χ0v) is 12.7. The molecule has 0 atom stereocenters. The normalized spacial score (nSPS) is 11.4. The van der Waals surface area contributed by atoms with Gasteiger partial charge in [0, 0.05) is 12.7 Å². The largest absolute Gasteiger partial charge is 0.495 e. The molecular weight excluding hydrogens is 292 g/mol.